The summed E-state index contributed by atoms with van der Waals surface area (Å²) in [6.45, 7) is 6.51. The Morgan fingerprint density at radius 1 is 1.35 bits per heavy atom. The van der Waals surface area contributed by atoms with Crippen molar-refractivity contribution in [3.63, 3.8) is 0 Å². The van der Waals surface area contributed by atoms with E-state index in [0.717, 1.165) is 16.9 Å². The van der Waals surface area contributed by atoms with Crippen LogP contribution < -0.4 is 10.5 Å². The second-order valence-electron chi connectivity index (χ2n) is 4.73. The van der Waals surface area contributed by atoms with Gasteiger partial charge in [0.2, 0.25) is 0 Å². The zero-order valence-corrected chi connectivity index (χ0v) is 11.2. The van der Waals surface area contributed by atoms with Crippen molar-refractivity contribution in [2.24, 2.45) is 5.73 Å². The molecule has 0 saturated heterocycles. The lowest BCUT2D eigenvalue weighted by Crippen LogP contribution is -2.21. The van der Waals surface area contributed by atoms with Crippen LogP contribution in [0, 0.1) is 13.8 Å². The Morgan fingerprint density at radius 3 is 2.53 bits per heavy atom. The van der Waals surface area contributed by atoms with Crippen LogP contribution in [-0.4, -0.2) is 24.9 Å². The van der Waals surface area contributed by atoms with Gasteiger partial charge >= 0.3 is 0 Å². The van der Waals surface area contributed by atoms with E-state index in [4.69, 9.17) is 10.5 Å². The maximum Gasteiger partial charge on any atom is 0.125 e. The number of aliphatic hydroxyl groups is 1. The number of aryl methyl sites for hydroxylation is 2. The molecule has 17 heavy (non-hydrogen) atoms. The van der Waals surface area contributed by atoms with Crippen LogP contribution in [0.15, 0.2) is 12.1 Å². The molecule has 0 aromatic heterocycles. The van der Waals surface area contributed by atoms with Crippen molar-refractivity contribution in [1.29, 1.82) is 0 Å². The number of nitrogens with two attached hydrogens (primary N) is 1. The first-order valence-electron chi connectivity index (χ1n) is 6.02. The van der Waals surface area contributed by atoms with E-state index in [1.807, 2.05) is 6.92 Å². The molecule has 0 fully saturated rings. The molecular weight excluding hydrogens is 214 g/mol. The molecule has 96 valence electrons. The summed E-state index contributed by atoms with van der Waals surface area (Å²) in [4.78, 5) is 0. The van der Waals surface area contributed by atoms with Crippen LogP contribution in [0.25, 0.3) is 0 Å². The summed E-state index contributed by atoms with van der Waals surface area (Å²) < 4.78 is 5.45. The molecule has 0 saturated carbocycles. The SMILES string of the molecule is COc1c(C)cc(C)cc1C(C)CC(O)CN. The summed E-state index contributed by atoms with van der Waals surface area (Å²) in [7, 11) is 1.69. The molecule has 1 aromatic rings. The Morgan fingerprint density at radius 2 is 2.00 bits per heavy atom. The lowest BCUT2D eigenvalue weighted by Gasteiger charge is -2.20. The third kappa shape index (κ3) is 3.45. The molecule has 2 unspecified atom stereocenters. The van der Waals surface area contributed by atoms with Gasteiger partial charge in [0.25, 0.3) is 0 Å². The van der Waals surface area contributed by atoms with E-state index >= 15 is 0 Å². The molecule has 0 spiro atoms. The predicted octanol–water partition coefficient (Wildman–Crippen LogP) is 2.13. The molecule has 3 heteroatoms. The Hall–Kier alpha value is -1.06. The highest BCUT2D eigenvalue weighted by atomic mass is 16.5. The highest BCUT2D eigenvalue weighted by Gasteiger charge is 2.17. The van der Waals surface area contributed by atoms with Crippen LogP contribution in [0.3, 0.4) is 0 Å². The van der Waals surface area contributed by atoms with Crippen molar-refractivity contribution in [2.75, 3.05) is 13.7 Å². The zero-order chi connectivity index (χ0) is 13.0. The van der Waals surface area contributed by atoms with Gasteiger partial charge in [-0.3, -0.25) is 0 Å². The van der Waals surface area contributed by atoms with E-state index in [1.165, 1.54) is 5.56 Å². The maximum absolute atomic E-state index is 9.63. The van der Waals surface area contributed by atoms with Crippen LogP contribution in [0.4, 0.5) is 0 Å². The minimum absolute atomic E-state index is 0.238. The van der Waals surface area contributed by atoms with Gasteiger partial charge in [0.05, 0.1) is 13.2 Å². The van der Waals surface area contributed by atoms with Crippen molar-refractivity contribution in [3.8, 4) is 5.75 Å². The van der Waals surface area contributed by atoms with Crippen LogP contribution in [0.1, 0.15) is 36.0 Å². The number of rotatable bonds is 5. The van der Waals surface area contributed by atoms with Crippen LogP contribution >= 0.6 is 0 Å². The second kappa shape index (κ2) is 6.03. The molecule has 0 aliphatic rings. The first kappa shape index (κ1) is 14.0. The standard InChI is InChI=1S/C14H23NO2/c1-9-5-11(3)14(17-4)13(6-9)10(2)7-12(16)8-15/h5-6,10,12,16H,7-8,15H2,1-4H3. The van der Waals surface area contributed by atoms with Crippen molar-refractivity contribution in [3.05, 3.63) is 28.8 Å². The van der Waals surface area contributed by atoms with Crippen molar-refractivity contribution >= 4 is 0 Å². The largest absolute Gasteiger partial charge is 0.496 e. The van der Waals surface area contributed by atoms with Crippen LogP contribution in [0.2, 0.25) is 0 Å². The fraction of sp³-hybridized carbons (Fsp3) is 0.571. The summed E-state index contributed by atoms with van der Waals surface area (Å²) in [6, 6.07) is 4.23. The van der Waals surface area contributed by atoms with E-state index in [0.29, 0.717) is 13.0 Å². The van der Waals surface area contributed by atoms with E-state index in [2.05, 4.69) is 26.0 Å². The molecule has 0 aliphatic heterocycles. The molecule has 0 amide bonds. The van der Waals surface area contributed by atoms with Gasteiger partial charge in [-0.15, -0.1) is 0 Å². The zero-order valence-electron chi connectivity index (χ0n) is 11.2. The highest BCUT2D eigenvalue weighted by molar-refractivity contribution is 5.45. The third-order valence-electron chi connectivity index (χ3n) is 3.08. The number of aliphatic hydroxyl groups excluding tert-OH is 1. The van der Waals surface area contributed by atoms with Gasteiger partial charge in [-0.05, 0) is 37.3 Å². The van der Waals surface area contributed by atoms with E-state index in [-0.39, 0.29) is 5.92 Å². The minimum atomic E-state index is -0.449. The first-order valence-corrected chi connectivity index (χ1v) is 6.02. The lowest BCUT2D eigenvalue weighted by molar-refractivity contribution is 0.164. The molecule has 3 N–H and O–H groups in total. The van der Waals surface area contributed by atoms with Gasteiger partial charge in [0.15, 0.2) is 0 Å². The molecule has 0 radical (unpaired) electrons. The van der Waals surface area contributed by atoms with Gasteiger partial charge in [0, 0.05) is 6.54 Å². The normalized spacial score (nSPS) is 14.5. The topological polar surface area (TPSA) is 55.5 Å². The average Bonchev–Trinajstić information content (AvgIpc) is 2.27. The van der Waals surface area contributed by atoms with E-state index in [1.54, 1.807) is 7.11 Å². The number of methoxy groups -OCH3 is 1. The summed E-state index contributed by atoms with van der Waals surface area (Å²) in [6.07, 6.45) is 0.214. The maximum atomic E-state index is 9.63. The van der Waals surface area contributed by atoms with Crippen molar-refractivity contribution in [2.45, 2.75) is 39.2 Å². The van der Waals surface area contributed by atoms with Crippen molar-refractivity contribution in [1.82, 2.24) is 0 Å². The van der Waals surface area contributed by atoms with Crippen LogP contribution in [0.5, 0.6) is 5.75 Å². The number of hydrogen-bond donors (Lipinski definition) is 2. The minimum Gasteiger partial charge on any atom is -0.496 e. The Labute approximate surface area is 104 Å². The average molecular weight is 237 g/mol. The Kier molecular flexibility index (Phi) is 4.97. The first-order chi connectivity index (χ1) is 7.99. The molecule has 0 heterocycles. The predicted molar refractivity (Wildman–Crippen MR) is 70.6 cm³/mol. The quantitative estimate of drug-likeness (QED) is 0.824. The molecule has 1 rings (SSSR count). The molecular formula is C14H23NO2. The van der Waals surface area contributed by atoms with Gasteiger partial charge in [-0.25, -0.2) is 0 Å². The fourth-order valence-electron chi connectivity index (χ4n) is 2.26. The van der Waals surface area contributed by atoms with Crippen LogP contribution in [-0.2, 0) is 0 Å². The summed E-state index contributed by atoms with van der Waals surface area (Å²) in [5.74, 6) is 1.16. The third-order valence-corrected chi connectivity index (χ3v) is 3.08. The number of hydrogen-bond acceptors (Lipinski definition) is 3. The Balaban J connectivity index is 3.02. The number of benzene rings is 1. The number of ether oxygens (including phenoxy) is 1. The lowest BCUT2D eigenvalue weighted by atomic mass is 9.91. The van der Waals surface area contributed by atoms with Crippen molar-refractivity contribution < 1.29 is 9.84 Å². The monoisotopic (exact) mass is 237 g/mol. The second-order valence-corrected chi connectivity index (χ2v) is 4.73. The van der Waals surface area contributed by atoms with Gasteiger partial charge < -0.3 is 15.6 Å². The summed E-state index contributed by atoms with van der Waals surface area (Å²) in [5.41, 5.74) is 8.95. The van der Waals surface area contributed by atoms with E-state index in [9.17, 15) is 5.11 Å². The molecule has 2 atom stereocenters. The molecule has 0 bridgehead atoms. The smallest absolute Gasteiger partial charge is 0.125 e. The van der Waals surface area contributed by atoms with Gasteiger partial charge in [0.1, 0.15) is 5.75 Å². The fourth-order valence-corrected chi connectivity index (χ4v) is 2.26. The molecule has 0 aliphatic carbocycles. The molecule has 1 aromatic carbocycles. The van der Waals surface area contributed by atoms with E-state index < -0.39 is 6.10 Å². The summed E-state index contributed by atoms with van der Waals surface area (Å²) >= 11 is 0. The van der Waals surface area contributed by atoms with Gasteiger partial charge in [-0.2, -0.15) is 0 Å². The highest BCUT2D eigenvalue weighted by Crippen LogP contribution is 2.33. The summed E-state index contributed by atoms with van der Waals surface area (Å²) in [5, 5.41) is 9.63. The Bertz CT molecular complexity index is 377. The van der Waals surface area contributed by atoms with Gasteiger partial charge in [-0.1, -0.05) is 24.6 Å². The molecule has 3 nitrogen and oxygen atoms in total.